The Labute approximate surface area is 140 Å². The van der Waals surface area contributed by atoms with E-state index in [1.807, 2.05) is 6.20 Å². The Morgan fingerprint density at radius 2 is 2.00 bits per heavy atom. The van der Waals surface area contributed by atoms with Gasteiger partial charge in [0, 0.05) is 18.0 Å². The highest BCUT2D eigenvalue weighted by Crippen LogP contribution is 2.31. The van der Waals surface area contributed by atoms with E-state index in [0.717, 1.165) is 24.0 Å². The SMILES string of the molecule is Cc1nn2cc(-c3cccc4c3CCCC4)cnc2c1S(N)(=O)=O. The van der Waals surface area contributed by atoms with Crippen LogP contribution in [0.3, 0.4) is 0 Å². The zero-order valence-electron chi connectivity index (χ0n) is 13.4. The van der Waals surface area contributed by atoms with Crippen molar-refractivity contribution in [2.75, 3.05) is 0 Å². The second-order valence-corrected chi connectivity index (χ2v) is 7.72. The third kappa shape index (κ3) is 2.40. The average molecular weight is 342 g/mol. The van der Waals surface area contributed by atoms with Gasteiger partial charge in [-0.2, -0.15) is 5.10 Å². The summed E-state index contributed by atoms with van der Waals surface area (Å²) in [5.41, 5.74) is 5.46. The molecule has 0 bridgehead atoms. The quantitative estimate of drug-likeness (QED) is 0.773. The van der Waals surface area contributed by atoms with Gasteiger partial charge < -0.3 is 0 Å². The van der Waals surface area contributed by atoms with Gasteiger partial charge in [0.15, 0.2) is 5.65 Å². The molecule has 0 aliphatic heterocycles. The number of rotatable bonds is 2. The Morgan fingerprint density at radius 3 is 2.79 bits per heavy atom. The minimum absolute atomic E-state index is 0.0101. The number of aromatic nitrogens is 3. The Balaban J connectivity index is 1.91. The number of fused-ring (bicyclic) bond motifs is 2. The van der Waals surface area contributed by atoms with Gasteiger partial charge in [-0.1, -0.05) is 18.2 Å². The molecule has 1 aromatic carbocycles. The Bertz CT molecular complexity index is 1050. The topological polar surface area (TPSA) is 90.3 Å². The first-order chi connectivity index (χ1) is 11.4. The predicted molar refractivity (Wildman–Crippen MR) is 91.2 cm³/mol. The smallest absolute Gasteiger partial charge is 0.235 e. The molecule has 2 N–H and O–H groups in total. The second kappa shape index (κ2) is 5.39. The molecule has 0 spiro atoms. The fourth-order valence-corrected chi connectivity index (χ4v) is 4.40. The van der Waals surface area contributed by atoms with Crippen molar-refractivity contribution in [2.24, 2.45) is 5.14 Å². The molecular weight excluding hydrogens is 324 g/mol. The van der Waals surface area contributed by atoms with Gasteiger partial charge in [-0.3, -0.25) is 0 Å². The Hall–Kier alpha value is -2.25. The standard InChI is InChI=1S/C17H18N4O2S/c1-11-16(24(18,22)23)17-19-9-13(10-21(17)20-11)15-8-4-6-12-5-2-3-7-14(12)15/h4,6,8-10H,2-3,5,7H2,1H3,(H2,18,22,23). The van der Waals surface area contributed by atoms with Crippen LogP contribution in [0, 0.1) is 6.92 Å². The largest absolute Gasteiger partial charge is 0.243 e. The first kappa shape index (κ1) is 15.3. The number of primary sulfonamides is 1. The lowest BCUT2D eigenvalue weighted by Gasteiger charge is -2.19. The van der Waals surface area contributed by atoms with Crippen molar-refractivity contribution in [3.05, 3.63) is 47.4 Å². The van der Waals surface area contributed by atoms with Crippen molar-refractivity contribution >= 4 is 15.7 Å². The van der Waals surface area contributed by atoms with Crippen molar-refractivity contribution in [1.29, 1.82) is 0 Å². The third-order valence-electron chi connectivity index (χ3n) is 4.59. The van der Waals surface area contributed by atoms with Gasteiger partial charge in [-0.05, 0) is 49.3 Å². The van der Waals surface area contributed by atoms with E-state index in [1.165, 1.54) is 28.5 Å². The molecule has 2 heterocycles. The molecule has 2 aromatic heterocycles. The lowest BCUT2D eigenvalue weighted by Crippen LogP contribution is -2.13. The normalized spacial score (nSPS) is 14.8. The van der Waals surface area contributed by atoms with Crippen molar-refractivity contribution in [3.8, 4) is 11.1 Å². The molecule has 4 rings (SSSR count). The summed E-state index contributed by atoms with van der Waals surface area (Å²) >= 11 is 0. The average Bonchev–Trinajstić information content (AvgIpc) is 2.89. The second-order valence-electron chi connectivity index (χ2n) is 6.22. The molecule has 6 nitrogen and oxygen atoms in total. The summed E-state index contributed by atoms with van der Waals surface area (Å²) in [6.07, 6.45) is 8.11. The van der Waals surface area contributed by atoms with Gasteiger partial charge in [-0.15, -0.1) is 0 Å². The zero-order chi connectivity index (χ0) is 16.9. The highest BCUT2D eigenvalue weighted by molar-refractivity contribution is 7.89. The first-order valence-electron chi connectivity index (χ1n) is 7.94. The number of nitrogens with two attached hydrogens (primary N) is 1. The minimum Gasteiger partial charge on any atom is -0.235 e. The molecule has 1 aliphatic carbocycles. The van der Waals surface area contributed by atoms with E-state index in [-0.39, 0.29) is 10.5 Å². The van der Waals surface area contributed by atoms with E-state index in [1.54, 1.807) is 13.1 Å². The van der Waals surface area contributed by atoms with Gasteiger partial charge in [0.25, 0.3) is 0 Å². The maximum absolute atomic E-state index is 11.8. The number of nitrogens with zero attached hydrogens (tertiary/aromatic N) is 3. The Kier molecular flexibility index (Phi) is 3.43. The van der Waals surface area contributed by atoms with Gasteiger partial charge in [-0.25, -0.2) is 23.1 Å². The van der Waals surface area contributed by atoms with Crippen LogP contribution in [0.25, 0.3) is 16.8 Å². The molecule has 0 saturated heterocycles. The summed E-state index contributed by atoms with van der Waals surface area (Å²) < 4.78 is 25.0. The van der Waals surface area contributed by atoms with Gasteiger partial charge in [0.2, 0.25) is 10.0 Å². The maximum atomic E-state index is 11.8. The summed E-state index contributed by atoms with van der Waals surface area (Å²) in [6.45, 7) is 1.62. The minimum atomic E-state index is -3.85. The zero-order valence-corrected chi connectivity index (χ0v) is 14.2. The van der Waals surface area contributed by atoms with Gasteiger partial charge in [0.05, 0.1) is 5.69 Å². The Morgan fingerprint density at radius 1 is 1.21 bits per heavy atom. The number of sulfonamides is 1. The van der Waals surface area contributed by atoms with Crippen LogP contribution in [-0.2, 0) is 22.9 Å². The molecule has 0 saturated carbocycles. The highest BCUT2D eigenvalue weighted by atomic mass is 32.2. The van der Waals surface area contributed by atoms with E-state index in [9.17, 15) is 8.42 Å². The summed E-state index contributed by atoms with van der Waals surface area (Å²) in [5, 5.41) is 9.56. The molecular formula is C17H18N4O2S. The summed E-state index contributed by atoms with van der Waals surface area (Å²) in [5.74, 6) is 0. The molecule has 3 aromatic rings. The van der Waals surface area contributed by atoms with Gasteiger partial charge >= 0.3 is 0 Å². The lowest BCUT2D eigenvalue weighted by atomic mass is 9.86. The molecule has 24 heavy (non-hydrogen) atoms. The van der Waals surface area contributed by atoms with Crippen LogP contribution >= 0.6 is 0 Å². The fourth-order valence-electron chi connectivity index (χ4n) is 3.55. The molecule has 1 aliphatic rings. The molecule has 0 fully saturated rings. The molecule has 0 unspecified atom stereocenters. The molecule has 0 radical (unpaired) electrons. The van der Waals surface area contributed by atoms with Crippen molar-refractivity contribution in [1.82, 2.24) is 14.6 Å². The fraction of sp³-hybridized carbons (Fsp3) is 0.294. The van der Waals surface area contributed by atoms with E-state index < -0.39 is 10.0 Å². The highest BCUT2D eigenvalue weighted by Gasteiger charge is 2.22. The van der Waals surface area contributed by atoms with Crippen LogP contribution in [0.4, 0.5) is 0 Å². The number of benzene rings is 1. The third-order valence-corrected chi connectivity index (χ3v) is 5.63. The maximum Gasteiger partial charge on any atom is 0.243 e. The number of aryl methyl sites for hydroxylation is 2. The van der Waals surface area contributed by atoms with Crippen LogP contribution in [-0.4, -0.2) is 23.0 Å². The number of hydrogen-bond donors (Lipinski definition) is 1. The van der Waals surface area contributed by atoms with E-state index >= 15 is 0 Å². The lowest BCUT2D eigenvalue weighted by molar-refractivity contribution is 0.598. The van der Waals surface area contributed by atoms with E-state index in [2.05, 4.69) is 28.3 Å². The summed E-state index contributed by atoms with van der Waals surface area (Å²) in [6, 6.07) is 6.33. The monoisotopic (exact) mass is 342 g/mol. The van der Waals surface area contributed by atoms with E-state index in [4.69, 9.17) is 5.14 Å². The van der Waals surface area contributed by atoms with Crippen LogP contribution in [0.15, 0.2) is 35.5 Å². The predicted octanol–water partition coefficient (Wildman–Crippen LogP) is 2.23. The van der Waals surface area contributed by atoms with Crippen LogP contribution in [0.5, 0.6) is 0 Å². The first-order valence-corrected chi connectivity index (χ1v) is 9.49. The van der Waals surface area contributed by atoms with Crippen molar-refractivity contribution in [3.63, 3.8) is 0 Å². The van der Waals surface area contributed by atoms with Crippen LogP contribution in [0.1, 0.15) is 29.7 Å². The number of hydrogen-bond acceptors (Lipinski definition) is 4. The van der Waals surface area contributed by atoms with Crippen LogP contribution in [0.2, 0.25) is 0 Å². The van der Waals surface area contributed by atoms with Gasteiger partial charge in [0.1, 0.15) is 4.90 Å². The van der Waals surface area contributed by atoms with Crippen LogP contribution < -0.4 is 5.14 Å². The van der Waals surface area contributed by atoms with Crippen molar-refractivity contribution < 1.29 is 8.42 Å². The summed E-state index contributed by atoms with van der Waals surface area (Å²) in [4.78, 5) is 4.32. The molecule has 0 amide bonds. The summed E-state index contributed by atoms with van der Waals surface area (Å²) in [7, 11) is -3.85. The molecule has 124 valence electrons. The van der Waals surface area contributed by atoms with E-state index in [0.29, 0.717) is 5.69 Å². The van der Waals surface area contributed by atoms with Crippen molar-refractivity contribution in [2.45, 2.75) is 37.5 Å². The molecule has 0 atom stereocenters. The molecule has 7 heteroatoms.